The number of hydrogen-bond donors (Lipinski definition) is 1. The van der Waals surface area contributed by atoms with Crippen LogP contribution in [0.2, 0.25) is 0 Å². The molecule has 0 amide bonds. The Hall–Kier alpha value is -0.120. The van der Waals surface area contributed by atoms with Gasteiger partial charge >= 0.3 is 0 Å². The predicted molar refractivity (Wildman–Crippen MR) is 45.6 cm³/mol. The van der Waals surface area contributed by atoms with Gasteiger partial charge in [-0.1, -0.05) is 0 Å². The van der Waals surface area contributed by atoms with Crippen LogP contribution in [0.1, 0.15) is 6.92 Å². The van der Waals surface area contributed by atoms with Gasteiger partial charge in [0.2, 0.25) is 0 Å². The minimum absolute atomic E-state index is 0.271. The second kappa shape index (κ2) is 3.52. The Morgan fingerprint density at radius 3 is 2.45 bits per heavy atom. The summed E-state index contributed by atoms with van der Waals surface area (Å²) < 4.78 is 0. The molecule has 0 aromatic rings. The third-order valence-corrected chi connectivity index (χ3v) is 2.64. The normalized spacial score (nSPS) is 36.0. The summed E-state index contributed by atoms with van der Waals surface area (Å²) in [6, 6.07) is 0.944. The average molecular weight is 158 g/mol. The number of piperazine rings is 1. The minimum atomic E-state index is 0.271. The first-order valence-corrected chi connectivity index (χ1v) is 4.16. The van der Waals surface area contributed by atoms with Gasteiger partial charge in [-0.25, -0.2) is 0 Å². The third-order valence-electron chi connectivity index (χ3n) is 2.64. The molecule has 66 valence electrons. The maximum Gasteiger partial charge on any atom is 0.0599 e. The molecule has 0 unspecified atom stereocenters. The van der Waals surface area contributed by atoms with E-state index >= 15 is 0 Å². The van der Waals surface area contributed by atoms with Crippen molar-refractivity contribution in [3.05, 3.63) is 0 Å². The maximum absolute atomic E-state index is 9.00. The summed E-state index contributed by atoms with van der Waals surface area (Å²) in [5.74, 6) is 0. The number of aliphatic hydroxyl groups excluding tert-OH is 1. The molecule has 3 nitrogen and oxygen atoms in total. The van der Waals surface area contributed by atoms with Crippen molar-refractivity contribution in [1.82, 2.24) is 9.80 Å². The van der Waals surface area contributed by atoms with Crippen LogP contribution in [-0.2, 0) is 0 Å². The van der Waals surface area contributed by atoms with E-state index in [0.717, 1.165) is 13.1 Å². The first-order valence-electron chi connectivity index (χ1n) is 4.16. The van der Waals surface area contributed by atoms with Gasteiger partial charge in [-0.15, -0.1) is 0 Å². The quantitative estimate of drug-likeness (QED) is 0.563. The van der Waals surface area contributed by atoms with E-state index in [1.165, 1.54) is 0 Å². The topological polar surface area (TPSA) is 26.7 Å². The molecule has 0 aromatic heterocycles. The van der Waals surface area contributed by atoms with Crippen LogP contribution in [0.3, 0.4) is 0 Å². The van der Waals surface area contributed by atoms with E-state index in [-0.39, 0.29) is 6.61 Å². The van der Waals surface area contributed by atoms with Crippen molar-refractivity contribution in [2.75, 3.05) is 33.8 Å². The minimum Gasteiger partial charge on any atom is -0.395 e. The number of aliphatic hydroxyl groups is 1. The summed E-state index contributed by atoms with van der Waals surface area (Å²) in [7, 11) is 4.19. The van der Waals surface area contributed by atoms with Gasteiger partial charge in [0, 0.05) is 25.2 Å². The van der Waals surface area contributed by atoms with Gasteiger partial charge < -0.3 is 10.0 Å². The highest BCUT2D eigenvalue weighted by atomic mass is 16.3. The number of likely N-dealkylation sites (N-methyl/N-ethyl adjacent to an activating group) is 2. The van der Waals surface area contributed by atoms with E-state index in [9.17, 15) is 0 Å². The van der Waals surface area contributed by atoms with Crippen molar-refractivity contribution in [1.29, 1.82) is 0 Å². The molecule has 1 aliphatic heterocycles. The molecule has 1 rings (SSSR count). The van der Waals surface area contributed by atoms with Crippen molar-refractivity contribution in [3.63, 3.8) is 0 Å². The fourth-order valence-corrected chi connectivity index (χ4v) is 1.55. The molecule has 1 heterocycles. The van der Waals surface area contributed by atoms with Gasteiger partial charge in [-0.05, 0) is 21.0 Å². The van der Waals surface area contributed by atoms with Crippen LogP contribution < -0.4 is 0 Å². The molecule has 1 saturated heterocycles. The summed E-state index contributed by atoms with van der Waals surface area (Å²) in [5.41, 5.74) is 0. The SMILES string of the molecule is C[C@@H]1CN(C)[C@@H](CO)CN1C. The molecule has 1 N–H and O–H groups in total. The van der Waals surface area contributed by atoms with Gasteiger partial charge in [0.15, 0.2) is 0 Å². The van der Waals surface area contributed by atoms with Crippen LogP contribution in [-0.4, -0.2) is 60.8 Å². The Labute approximate surface area is 68.6 Å². The Morgan fingerprint density at radius 1 is 1.27 bits per heavy atom. The predicted octanol–water partition coefficient (Wildman–Crippen LogP) is -0.387. The van der Waals surface area contributed by atoms with Crippen LogP contribution in [0.25, 0.3) is 0 Å². The van der Waals surface area contributed by atoms with Crippen molar-refractivity contribution in [2.45, 2.75) is 19.0 Å². The van der Waals surface area contributed by atoms with Crippen LogP contribution in [0.4, 0.5) is 0 Å². The van der Waals surface area contributed by atoms with E-state index < -0.39 is 0 Å². The largest absolute Gasteiger partial charge is 0.395 e. The molecule has 0 radical (unpaired) electrons. The van der Waals surface area contributed by atoms with Crippen molar-refractivity contribution in [3.8, 4) is 0 Å². The molecule has 1 fully saturated rings. The van der Waals surface area contributed by atoms with Crippen LogP contribution in [0.15, 0.2) is 0 Å². The smallest absolute Gasteiger partial charge is 0.0599 e. The van der Waals surface area contributed by atoms with Gasteiger partial charge in [0.05, 0.1) is 6.61 Å². The monoisotopic (exact) mass is 158 g/mol. The van der Waals surface area contributed by atoms with Crippen molar-refractivity contribution >= 4 is 0 Å². The highest BCUT2D eigenvalue weighted by molar-refractivity contribution is 4.82. The zero-order chi connectivity index (χ0) is 8.43. The van der Waals surface area contributed by atoms with Gasteiger partial charge in [-0.2, -0.15) is 0 Å². The highest BCUT2D eigenvalue weighted by Crippen LogP contribution is 2.10. The van der Waals surface area contributed by atoms with E-state index in [2.05, 4.69) is 30.8 Å². The molecular weight excluding hydrogens is 140 g/mol. The molecule has 2 atom stereocenters. The molecule has 3 heteroatoms. The molecule has 0 aliphatic carbocycles. The first kappa shape index (κ1) is 8.97. The van der Waals surface area contributed by atoms with E-state index in [0.29, 0.717) is 12.1 Å². The molecule has 1 aliphatic rings. The number of nitrogens with zero attached hydrogens (tertiary/aromatic N) is 2. The number of hydrogen-bond acceptors (Lipinski definition) is 3. The Bertz CT molecular complexity index is 129. The Balaban J connectivity index is 2.48. The lowest BCUT2D eigenvalue weighted by Crippen LogP contribution is -2.55. The zero-order valence-corrected chi connectivity index (χ0v) is 7.62. The molecule has 0 bridgehead atoms. The van der Waals surface area contributed by atoms with Crippen LogP contribution in [0.5, 0.6) is 0 Å². The maximum atomic E-state index is 9.00. The van der Waals surface area contributed by atoms with Gasteiger partial charge in [0.25, 0.3) is 0 Å². The fourth-order valence-electron chi connectivity index (χ4n) is 1.55. The molecular formula is C8H18N2O. The molecule has 0 aromatic carbocycles. The van der Waals surface area contributed by atoms with E-state index in [1.807, 2.05) is 0 Å². The summed E-state index contributed by atoms with van der Waals surface area (Å²) in [6.45, 7) is 4.52. The zero-order valence-electron chi connectivity index (χ0n) is 7.62. The summed E-state index contributed by atoms with van der Waals surface area (Å²) >= 11 is 0. The fraction of sp³-hybridized carbons (Fsp3) is 1.00. The summed E-state index contributed by atoms with van der Waals surface area (Å²) in [5, 5.41) is 9.00. The van der Waals surface area contributed by atoms with Crippen molar-refractivity contribution in [2.24, 2.45) is 0 Å². The lowest BCUT2D eigenvalue weighted by molar-refractivity contribution is 0.0395. The molecule has 0 saturated carbocycles. The second-order valence-electron chi connectivity index (χ2n) is 3.56. The third kappa shape index (κ3) is 1.92. The van der Waals surface area contributed by atoms with Gasteiger partial charge in [0.1, 0.15) is 0 Å². The highest BCUT2D eigenvalue weighted by Gasteiger charge is 2.25. The van der Waals surface area contributed by atoms with E-state index in [4.69, 9.17) is 5.11 Å². The Morgan fingerprint density at radius 2 is 1.91 bits per heavy atom. The average Bonchev–Trinajstić information content (AvgIpc) is 1.97. The second-order valence-corrected chi connectivity index (χ2v) is 3.56. The number of rotatable bonds is 1. The van der Waals surface area contributed by atoms with Gasteiger partial charge in [-0.3, -0.25) is 4.90 Å². The standard InChI is InChI=1S/C8H18N2O/c1-7-4-10(3)8(6-11)5-9(7)2/h7-8,11H,4-6H2,1-3H3/t7-,8-/m1/s1. The summed E-state index contributed by atoms with van der Waals surface area (Å²) in [6.07, 6.45) is 0. The van der Waals surface area contributed by atoms with Crippen LogP contribution in [0, 0.1) is 0 Å². The lowest BCUT2D eigenvalue weighted by atomic mass is 10.1. The molecule has 0 spiro atoms. The van der Waals surface area contributed by atoms with Crippen molar-refractivity contribution < 1.29 is 5.11 Å². The molecule has 11 heavy (non-hydrogen) atoms. The van der Waals surface area contributed by atoms with Crippen LogP contribution >= 0.6 is 0 Å². The first-order chi connectivity index (χ1) is 5.15. The summed E-state index contributed by atoms with van der Waals surface area (Å²) in [4.78, 5) is 4.52. The van der Waals surface area contributed by atoms with E-state index in [1.54, 1.807) is 0 Å². The lowest BCUT2D eigenvalue weighted by Gasteiger charge is -2.41. The Kier molecular flexibility index (Phi) is 2.87.